The van der Waals surface area contributed by atoms with Crippen molar-refractivity contribution >= 4 is 23.0 Å². The molecule has 0 aromatic carbocycles. The maximum atomic E-state index is 12.2. The van der Waals surface area contributed by atoms with Crippen molar-refractivity contribution in [1.29, 1.82) is 0 Å². The molecule has 6 heteroatoms. The van der Waals surface area contributed by atoms with Crippen molar-refractivity contribution in [3.05, 3.63) is 42.7 Å². The number of likely N-dealkylation sites (tertiary alicyclic amines) is 1. The summed E-state index contributed by atoms with van der Waals surface area (Å²) >= 11 is 1.31. The molecule has 0 unspecified atom stereocenters. The first kappa shape index (κ1) is 17.5. The second-order valence-electron chi connectivity index (χ2n) is 5.53. The van der Waals surface area contributed by atoms with Crippen LogP contribution in [0.1, 0.15) is 25.3 Å². The summed E-state index contributed by atoms with van der Waals surface area (Å²) in [5.74, 6) is 0. The molecule has 1 aromatic rings. The van der Waals surface area contributed by atoms with Crippen LogP contribution in [0.5, 0.6) is 0 Å². The van der Waals surface area contributed by atoms with Crippen LogP contribution in [0.15, 0.2) is 37.2 Å². The maximum absolute atomic E-state index is 12.2. The summed E-state index contributed by atoms with van der Waals surface area (Å²) in [4.78, 5) is 29.3. The van der Waals surface area contributed by atoms with Gasteiger partial charge in [-0.25, -0.2) is 4.79 Å². The third kappa shape index (κ3) is 5.39. The predicted molar refractivity (Wildman–Crippen MR) is 91.3 cm³/mol. The van der Waals surface area contributed by atoms with Crippen molar-refractivity contribution in [2.24, 2.45) is 0 Å². The summed E-state index contributed by atoms with van der Waals surface area (Å²) in [6, 6.07) is 4.06. The monoisotopic (exact) mass is 334 g/mol. The van der Waals surface area contributed by atoms with Gasteiger partial charge in [-0.15, -0.1) is 0 Å². The quantitative estimate of drug-likeness (QED) is 0.748. The number of hydrogen-bond acceptors (Lipinski definition) is 5. The van der Waals surface area contributed by atoms with Gasteiger partial charge in [0.1, 0.15) is 6.61 Å². The zero-order valence-corrected chi connectivity index (χ0v) is 14.1. The highest BCUT2D eigenvalue weighted by Crippen LogP contribution is 2.31. The zero-order chi connectivity index (χ0) is 16.7. The first-order chi connectivity index (χ1) is 11.1. The van der Waals surface area contributed by atoms with Gasteiger partial charge < -0.3 is 9.64 Å². The van der Waals surface area contributed by atoms with Crippen LogP contribution in [-0.4, -0.2) is 45.5 Å². The number of pyridine rings is 1. The highest BCUT2D eigenvalue weighted by Gasteiger charge is 2.36. The zero-order valence-electron chi connectivity index (χ0n) is 13.3. The number of aryl methyl sites for hydroxylation is 1. The molecule has 1 fully saturated rings. The number of aromatic nitrogens is 1. The minimum absolute atomic E-state index is 0.0872. The van der Waals surface area contributed by atoms with Crippen LogP contribution < -0.4 is 0 Å². The third-order valence-electron chi connectivity index (χ3n) is 3.78. The Morgan fingerprint density at radius 1 is 1.48 bits per heavy atom. The lowest BCUT2D eigenvalue weighted by molar-refractivity contribution is -0.109. The number of rotatable bonds is 6. The third-order valence-corrected chi connectivity index (χ3v) is 4.79. The van der Waals surface area contributed by atoms with Gasteiger partial charge in [0.2, 0.25) is 0 Å². The molecule has 2 rings (SSSR count). The molecule has 1 aliphatic rings. The Morgan fingerprint density at radius 3 is 2.87 bits per heavy atom. The lowest BCUT2D eigenvalue weighted by Gasteiger charge is -2.23. The summed E-state index contributed by atoms with van der Waals surface area (Å²) in [5.41, 5.74) is 1.20. The molecular weight excluding hydrogens is 312 g/mol. The molecule has 2 atom stereocenters. The smallest absolute Gasteiger partial charge is 0.410 e. The van der Waals surface area contributed by atoms with E-state index in [1.54, 1.807) is 30.3 Å². The van der Waals surface area contributed by atoms with Crippen LogP contribution in [0, 0.1) is 0 Å². The number of hydrogen-bond donors (Lipinski definition) is 0. The molecule has 124 valence electrons. The van der Waals surface area contributed by atoms with Gasteiger partial charge in [0.15, 0.2) is 5.12 Å². The molecule has 1 aromatic heterocycles. The first-order valence-corrected chi connectivity index (χ1v) is 8.58. The van der Waals surface area contributed by atoms with Crippen molar-refractivity contribution in [2.45, 2.75) is 37.5 Å². The van der Waals surface area contributed by atoms with E-state index < -0.39 is 0 Å². The Bertz CT molecular complexity index is 550. The Kier molecular flexibility index (Phi) is 6.65. The van der Waals surface area contributed by atoms with Crippen LogP contribution in [0.3, 0.4) is 0 Å². The lowest BCUT2D eigenvalue weighted by atomic mass is 10.0. The fourth-order valence-corrected chi connectivity index (χ4v) is 3.81. The topological polar surface area (TPSA) is 59.5 Å². The van der Waals surface area contributed by atoms with Crippen molar-refractivity contribution in [1.82, 2.24) is 9.88 Å². The standard InChI is InChI=1S/C17H22N2O3S/c1-3-10-22-17(21)19-12-16(23-13(2)20)11-15(19)5-4-14-6-8-18-9-7-14/h3,6-9,15-16H,1,4-5,10-12H2,2H3/t15-,16+/m1/s1. The summed E-state index contributed by atoms with van der Waals surface area (Å²) in [6.45, 7) is 5.89. The minimum atomic E-state index is -0.323. The van der Waals surface area contributed by atoms with Gasteiger partial charge in [-0.2, -0.15) is 0 Å². The van der Waals surface area contributed by atoms with Gasteiger partial charge in [0.25, 0.3) is 0 Å². The average Bonchev–Trinajstić information content (AvgIpc) is 2.93. The number of thioether (sulfide) groups is 1. The van der Waals surface area contributed by atoms with E-state index in [1.807, 2.05) is 12.1 Å². The van der Waals surface area contributed by atoms with E-state index >= 15 is 0 Å². The van der Waals surface area contributed by atoms with E-state index in [9.17, 15) is 9.59 Å². The molecule has 1 aliphatic heterocycles. The van der Waals surface area contributed by atoms with Crippen LogP contribution in [0.2, 0.25) is 0 Å². The van der Waals surface area contributed by atoms with E-state index in [2.05, 4.69) is 11.6 Å². The summed E-state index contributed by atoms with van der Waals surface area (Å²) < 4.78 is 5.18. The largest absolute Gasteiger partial charge is 0.445 e. The van der Waals surface area contributed by atoms with Crippen molar-refractivity contribution < 1.29 is 14.3 Å². The van der Waals surface area contributed by atoms with Crippen molar-refractivity contribution in [3.63, 3.8) is 0 Å². The van der Waals surface area contributed by atoms with Crippen LogP contribution in [0.4, 0.5) is 4.79 Å². The number of amides is 1. The number of carbonyl (C=O) groups excluding carboxylic acids is 2. The molecule has 2 heterocycles. The average molecular weight is 334 g/mol. The second-order valence-corrected chi connectivity index (χ2v) is 7.01. The van der Waals surface area contributed by atoms with Crippen molar-refractivity contribution in [3.8, 4) is 0 Å². The number of ether oxygens (including phenoxy) is 1. The Hall–Kier alpha value is -1.82. The van der Waals surface area contributed by atoms with Crippen LogP contribution in [-0.2, 0) is 16.0 Å². The highest BCUT2D eigenvalue weighted by molar-refractivity contribution is 8.14. The van der Waals surface area contributed by atoms with Gasteiger partial charge in [0.05, 0.1) is 0 Å². The van der Waals surface area contributed by atoms with Gasteiger partial charge in [-0.3, -0.25) is 9.78 Å². The molecule has 23 heavy (non-hydrogen) atoms. The molecule has 1 saturated heterocycles. The second kappa shape index (κ2) is 8.72. The molecule has 0 bridgehead atoms. The van der Waals surface area contributed by atoms with E-state index in [4.69, 9.17) is 4.74 Å². The molecular formula is C17H22N2O3S. The molecule has 1 amide bonds. The molecule has 0 radical (unpaired) electrons. The lowest BCUT2D eigenvalue weighted by Crippen LogP contribution is -2.36. The minimum Gasteiger partial charge on any atom is -0.445 e. The van der Waals surface area contributed by atoms with E-state index in [1.165, 1.54) is 17.3 Å². The van der Waals surface area contributed by atoms with Gasteiger partial charge in [-0.1, -0.05) is 24.4 Å². The molecule has 0 spiro atoms. The van der Waals surface area contributed by atoms with E-state index in [0.29, 0.717) is 6.54 Å². The van der Waals surface area contributed by atoms with Gasteiger partial charge in [0, 0.05) is 37.2 Å². The fourth-order valence-electron chi connectivity index (χ4n) is 2.79. The first-order valence-electron chi connectivity index (χ1n) is 7.70. The normalized spacial score (nSPS) is 20.3. The Balaban J connectivity index is 1.98. The van der Waals surface area contributed by atoms with E-state index in [-0.39, 0.29) is 29.1 Å². The summed E-state index contributed by atoms with van der Waals surface area (Å²) in [5, 5.41) is 0.232. The van der Waals surface area contributed by atoms with Crippen molar-refractivity contribution in [2.75, 3.05) is 13.2 Å². The molecule has 0 aliphatic carbocycles. The summed E-state index contributed by atoms with van der Waals surface area (Å²) in [6.07, 6.45) is 7.32. The Morgan fingerprint density at radius 2 is 2.22 bits per heavy atom. The Labute approximate surface area is 141 Å². The van der Waals surface area contributed by atoms with Gasteiger partial charge >= 0.3 is 6.09 Å². The number of carbonyl (C=O) groups is 2. The highest BCUT2D eigenvalue weighted by atomic mass is 32.2. The molecule has 5 nitrogen and oxygen atoms in total. The number of nitrogens with zero attached hydrogens (tertiary/aromatic N) is 2. The summed E-state index contributed by atoms with van der Waals surface area (Å²) in [7, 11) is 0. The van der Waals surface area contributed by atoms with Crippen LogP contribution in [0.25, 0.3) is 0 Å². The molecule has 0 N–H and O–H groups in total. The SMILES string of the molecule is C=CCOC(=O)N1C[C@@H](SC(C)=O)C[C@H]1CCc1ccncc1. The maximum Gasteiger partial charge on any atom is 0.410 e. The fraction of sp³-hybridized carbons (Fsp3) is 0.471. The molecule has 0 saturated carbocycles. The van der Waals surface area contributed by atoms with E-state index in [0.717, 1.165) is 19.3 Å². The predicted octanol–water partition coefficient (Wildman–Crippen LogP) is 3.06. The van der Waals surface area contributed by atoms with Crippen LogP contribution >= 0.6 is 11.8 Å². The van der Waals surface area contributed by atoms with Gasteiger partial charge in [-0.05, 0) is 37.0 Å².